The van der Waals surface area contributed by atoms with Gasteiger partial charge in [-0.15, -0.1) is 0 Å². The molecule has 68 heavy (non-hydrogen) atoms. The molecule has 0 spiro atoms. The first-order valence-corrected chi connectivity index (χ1v) is 23.3. The normalized spacial score (nSPS) is 11.5. The second-order valence-electron chi connectivity index (χ2n) is 17.6. The first-order valence-electron chi connectivity index (χ1n) is 23.3. The fourth-order valence-corrected chi connectivity index (χ4v) is 10.4. The van der Waals surface area contributed by atoms with Gasteiger partial charge in [0.2, 0.25) is 0 Å². The fraction of sp³-hybridized carbons (Fsp3) is 0. The van der Waals surface area contributed by atoms with Crippen LogP contribution in [0, 0.1) is 0 Å². The minimum atomic E-state index is 0.886. The molecule has 0 radical (unpaired) electrons. The van der Waals surface area contributed by atoms with Gasteiger partial charge >= 0.3 is 0 Å². The van der Waals surface area contributed by atoms with Crippen LogP contribution in [0.1, 0.15) is 0 Å². The zero-order valence-electron chi connectivity index (χ0n) is 37.2. The van der Waals surface area contributed by atoms with E-state index in [0.29, 0.717) is 0 Å². The summed E-state index contributed by atoms with van der Waals surface area (Å²) in [6.45, 7) is 0. The zero-order chi connectivity index (χ0) is 45.0. The lowest BCUT2D eigenvalue weighted by molar-refractivity contribution is 0.636. The summed E-state index contributed by atoms with van der Waals surface area (Å²) in [5, 5.41) is 10.7. The first-order chi connectivity index (χ1) is 33.7. The van der Waals surface area contributed by atoms with E-state index in [9.17, 15) is 0 Å². The highest BCUT2D eigenvalue weighted by atomic mass is 16.3. The van der Waals surface area contributed by atoms with Crippen molar-refractivity contribution in [1.29, 1.82) is 0 Å². The highest BCUT2D eigenvalue weighted by Crippen LogP contribution is 2.48. The molecule has 2 heteroatoms. The molecule has 318 valence electrons. The summed E-state index contributed by atoms with van der Waals surface area (Å²) in [7, 11) is 0. The van der Waals surface area contributed by atoms with E-state index in [1.54, 1.807) is 0 Å². The predicted molar refractivity (Wildman–Crippen MR) is 288 cm³/mol. The highest BCUT2D eigenvalue weighted by Gasteiger charge is 2.23. The van der Waals surface area contributed by atoms with Crippen molar-refractivity contribution in [2.75, 3.05) is 4.90 Å². The van der Waals surface area contributed by atoms with Crippen molar-refractivity contribution in [3.63, 3.8) is 0 Å². The molecule has 0 atom stereocenters. The molecule has 0 amide bonds. The average Bonchev–Trinajstić information content (AvgIpc) is 3.83. The molecule has 1 aromatic heterocycles. The van der Waals surface area contributed by atoms with Gasteiger partial charge in [0.05, 0.1) is 0 Å². The lowest BCUT2D eigenvalue weighted by atomic mass is 9.91. The minimum absolute atomic E-state index is 0.886. The molecule has 2 nitrogen and oxygen atoms in total. The molecule has 13 rings (SSSR count). The molecule has 13 aromatic rings. The van der Waals surface area contributed by atoms with E-state index in [4.69, 9.17) is 4.42 Å². The molecule has 0 saturated heterocycles. The van der Waals surface area contributed by atoms with Crippen LogP contribution in [0.15, 0.2) is 265 Å². The predicted octanol–water partition coefficient (Wildman–Crippen LogP) is 18.9. The summed E-state index contributed by atoms with van der Waals surface area (Å²) in [6, 6.07) is 94.2. The minimum Gasteiger partial charge on any atom is -0.455 e. The van der Waals surface area contributed by atoms with Crippen molar-refractivity contribution < 1.29 is 4.42 Å². The molecule has 0 fully saturated rings. The Hall–Kier alpha value is -8.98. The van der Waals surface area contributed by atoms with Crippen LogP contribution in [0.5, 0.6) is 0 Å². The van der Waals surface area contributed by atoms with Gasteiger partial charge < -0.3 is 9.32 Å². The molecule has 0 saturated carbocycles. The van der Waals surface area contributed by atoms with E-state index >= 15 is 0 Å². The number of anilines is 3. The summed E-state index contributed by atoms with van der Waals surface area (Å²) in [5.74, 6) is 0.886. The molecule has 0 aliphatic heterocycles. The van der Waals surface area contributed by atoms with Gasteiger partial charge in [-0.05, 0) is 119 Å². The topological polar surface area (TPSA) is 16.4 Å². The third-order valence-corrected chi connectivity index (χ3v) is 13.6. The molecule has 0 aliphatic rings. The van der Waals surface area contributed by atoms with Crippen molar-refractivity contribution in [3.05, 3.63) is 261 Å². The van der Waals surface area contributed by atoms with Crippen LogP contribution in [-0.2, 0) is 0 Å². The van der Waals surface area contributed by atoms with Gasteiger partial charge in [-0.2, -0.15) is 0 Å². The Morgan fingerprint density at radius 3 is 1.35 bits per heavy atom. The lowest BCUT2D eigenvalue weighted by Gasteiger charge is -2.26. The Balaban J connectivity index is 0.961. The number of hydrogen-bond acceptors (Lipinski definition) is 2. The van der Waals surface area contributed by atoms with Crippen molar-refractivity contribution in [3.8, 4) is 55.8 Å². The quantitative estimate of drug-likeness (QED) is 0.142. The second-order valence-corrected chi connectivity index (χ2v) is 17.6. The second kappa shape index (κ2) is 16.5. The molecular formula is C66H43NO. The third kappa shape index (κ3) is 6.73. The van der Waals surface area contributed by atoms with E-state index in [1.807, 2.05) is 0 Å². The molecule has 1 heterocycles. The maximum absolute atomic E-state index is 7.00. The van der Waals surface area contributed by atoms with E-state index in [2.05, 4.69) is 266 Å². The SMILES string of the molecule is c1ccc(-c2oc3c4ccccc4c4cc(-c5cccc(N(c6ccc(-c7cccc8ccccc78)cc6)c6ccc(-c7cccc8ccccc78)cc6)c5)ccc4c3c2-c2ccccc2)cc1. The van der Waals surface area contributed by atoms with E-state index in [0.717, 1.165) is 67.0 Å². The van der Waals surface area contributed by atoms with Crippen molar-refractivity contribution in [2.45, 2.75) is 0 Å². The van der Waals surface area contributed by atoms with Gasteiger partial charge in [-0.25, -0.2) is 0 Å². The van der Waals surface area contributed by atoms with Crippen LogP contribution in [0.3, 0.4) is 0 Å². The van der Waals surface area contributed by atoms with Crippen molar-refractivity contribution in [2.24, 2.45) is 0 Å². The Morgan fingerprint density at radius 2 is 0.735 bits per heavy atom. The molecular weight excluding hydrogens is 823 g/mol. The number of hydrogen-bond donors (Lipinski definition) is 0. The van der Waals surface area contributed by atoms with Gasteiger partial charge in [0.1, 0.15) is 11.3 Å². The molecule has 0 N–H and O–H groups in total. The number of fused-ring (bicyclic) bond motifs is 8. The van der Waals surface area contributed by atoms with Crippen molar-refractivity contribution >= 4 is 71.1 Å². The monoisotopic (exact) mass is 865 g/mol. The molecule has 0 aliphatic carbocycles. The smallest absolute Gasteiger partial charge is 0.143 e. The van der Waals surface area contributed by atoms with Gasteiger partial charge in [-0.3, -0.25) is 0 Å². The third-order valence-electron chi connectivity index (χ3n) is 13.6. The van der Waals surface area contributed by atoms with E-state index < -0.39 is 0 Å². The van der Waals surface area contributed by atoms with Crippen LogP contribution in [0.25, 0.3) is 110 Å². The Bertz CT molecular complexity index is 3870. The fourth-order valence-electron chi connectivity index (χ4n) is 10.4. The molecule has 0 bridgehead atoms. The first kappa shape index (κ1) is 39.4. The van der Waals surface area contributed by atoms with Crippen LogP contribution >= 0.6 is 0 Å². The van der Waals surface area contributed by atoms with Crippen LogP contribution in [0.2, 0.25) is 0 Å². The summed E-state index contributed by atoms with van der Waals surface area (Å²) in [5.41, 5.74) is 14.6. The van der Waals surface area contributed by atoms with Crippen LogP contribution < -0.4 is 4.90 Å². The summed E-state index contributed by atoms with van der Waals surface area (Å²) in [6.07, 6.45) is 0. The number of nitrogens with zero attached hydrogens (tertiary/aromatic N) is 1. The Kier molecular flexibility index (Phi) is 9.54. The summed E-state index contributed by atoms with van der Waals surface area (Å²) in [4.78, 5) is 2.38. The Labute approximate surface area is 395 Å². The standard InChI is InChI=1S/C66H43NO/c1-3-18-48(19-4-1)63-64-60-41-36-51(43-62(60)59-28-11-12-29-61(59)66(64)68-65(63)49-20-5-2-6-21-49)50-24-13-25-54(42-50)67(52-37-32-46(33-38-52)57-30-14-22-44-16-7-9-26-55(44)57)53-39-34-47(35-40-53)58-31-15-23-45-17-8-10-27-56(45)58/h1-43H. The maximum atomic E-state index is 7.00. The lowest BCUT2D eigenvalue weighted by Crippen LogP contribution is -2.10. The Morgan fingerprint density at radius 1 is 0.265 bits per heavy atom. The number of rotatable bonds is 8. The van der Waals surface area contributed by atoms with Gasteiger partial charge in [-0.1, -0.05) is 218 Å². The summed E-state index contributed by atoms with van der Waals surface area (Å²) >= 11 is 0. The van der Waals surface area contributed by atoms with E-state index in [-0.39, 0.29) is 0 Å². The average molecular weight is 866 g/mol. The molecule has 0 unspecified atom stereocenters. The number of benzene rings is 12. The summed E-state index contributed by atoms with van der Waals surface area (Å²) < 4.78 is 7.00. The van der Waals surface area contributed by atoms with E-state index in [1.165, 1.54) is 60.0 Å². The van der Waals surface area contributed by atoms with Crippen molar-refractivity contribution in [1.82, 2.24) is 0 Å². The van der Waals surface area contributed by atoms with Gasteiger partial charge in [0.25, 0.3) is 0 Å². The molecule has 12 aromatic carbocycles. The van der Waals surface area contributed by atoms with Crippen LogP contribution in [0.4, 0.5) is 17.1 Å². The number of furan rings is 1. The largest absolute Gasteiger partial charge is 0.455 e. The zero-order valence-corrected chi connectivity index (χ0v) is 37.2. The van der Waals surface area contributed by atoms with Gasteiger partial charge in [0.15, 0.2) is 0 Å². The van der Waals surface area contributed by atoms with Crippen LogP contribution in [-0.4, -0.2) is 0 Å². The van der Waals surface area contributed by atoms with Gasteiger partial charge in [0, 0.05) is 39.0 Å². The highest BCUT2D eigenvalue weighted by molar-refractivity contribution is 6.29. The maximum Gasteiger partial charge on any atom is 0.143 e.